The fraction of sp³-hybridized carbons (Fsp3) is 0.389. The van der Waals surface area contributed by atoms with Gasteiger partial charge in [0.2, 0.25) is 5.95 Å². The van der Waals surface area contributed by atoms with Crippen LogP contribution in [0.4, 0.5) is 5.95 Å². The molecule has 2 aromatic rings. The molecule has 1 saturated heterocycles. The number of amides is 1. The standard InChI is InChI=1S/C18H20N4OS/c23-17(15-4-5-16-14(13-15)3-1-12-24-16)21-8-10-22(11-9-21)18-19-6-2-7-20-18/h2,4-7,13H,1,3,8-12H2. The number of rotatable bonds is 2. The number of benzene rings is 1. The first-order chi connectivity index (χ1) is 11.8. The van der Waals surface area contributed by atoms with E-state index in [1.54, 1.807) is 12.4 Å². The Bertz CT molecular complexity index is 729. The van der Waals surface area contributed by atoms with Crippen LogP contribution in [-0.2, 0) is 6.42 Å². The molecule has 0 aliphatic carbocycles. The van der Waals surface area contributed by atoms with E-state index in [9.17, 15) is 4.79 Å². The molecule has 0 saturated carbocycles. The lowest BCUT2D eigenvalue weighted by atomic mass is 10.1. The van der Waals surface area contributed by atoms with E-state index >= 15 is 0 Å². The Morgan fingerprint density at radius 3 is 2.67 bits per heavy atom. The molecular weight excluding hydrogens is 320 g/mol. The average Bonchev–Trinajstić information content (AvgIpc) is 2.68. The Kier molecular flexibility index (Phi) is 4.38. The zero-order valence-corrected chi connectivity index (χ0v) is 14.3. The van der Waals surface area contributed by atoms with Gasteiger partial charge >= 0.3 is 0 Å². The van der Waals surface area contributed by atoms with Gasteiger partial charge < -0.3 is 9.80 Å². The van der Waals surface area contributed by atoms with Gasteiger partial charge in [-0.05, 0) is 48.4 Å². The average molecular weight is 340 g/mol. The molecule has 0 radical (unpaired) electrons. The van der Waals surface area contributed by atoms with E-state index in [0.29, 0.717) is 13.1 Å². The third-order valence-corrected chi connectivity index (χ3v) is 5.76. The van der Waals surface area contributed by atoms with E-state index in [2.05, 4.69) is 27.0 Å². The van der Waals surface area contributed by atoms with Gasteiger partial charge in [-0.1, -0.05) is 0 Å². The number of piperazine rings is 1. The zero-order chi connectivity index (χ0) is 16.4. The number of hydrogen-bond acceptors (Lipinski definition) is 5. The molecule has 24 heavy (non-hydrogen) atoms. The van der Waals surface area contributed by atoms with Crippen molar-refractivity contribution in [1.29, 1.82) is 0 Å². The van der Waals surface area contributed by atoms with Crippen LogP contribution in [0, 0.1) is 0 Å². The van der Waals surface area contributed by atoms with E-state index < -0.39 is 0 Å². The monoisotopic (exact) mass is 340 g/mol. The van der Waals surface area contributed by atoms with E-state index in [4.69, 9.17) is 0 Å². The summed E-state index contributed by atoms with van der Waals surface area (Å²) in [6.45, 7) is 2.97. The Morgan fingerprint density at radius 1 is 1.08 bits per heavy atom. The maximum atomic E-state index is 12.8. The fourth-order valence-corrected chi connectivity index (χ4v) is 4.26. The molecule has 1 aromatic carbocycles. The van der Waals surface area contributed by atoms with Crippen LogP contribution in [0.3, 0.4) is 0 Å². The number of aryl methyl sites for hydroxylation is 1. The van der Waals surface area contributed by atoms with E-state index in [1.807, 2.05) is 28.8 Å². The van der Waals surface area contributed by atoms with Crippen LogP contribution in [-0.4, -0.2) is 52.7 Å². The molecule has 4 rings (SSSR count). The normalized spacial score (nSPS) is 17.5. The Balaban J connectivity index is 1.43. The molecule has 5 nitrogen and oxygen atoms in total. The van der Waals surface area contributed by atoms with Crippen LogP contribution in [0.15, 0.2) is 41.6 Å². The Morgan fingerprint density at radius 2 is 1.88 bits per heavy atom. The molecule has 124 valence electrons. The molecule has 1 fully saturated rings. The van der Waals surface area contributed by atoms with Crippen LogP contribution in [0.25, 0.3) is 0 Å². The molecule has 2 aliphatic heterocycles. The SMILES string of the molecule is O=C(c1ccc2c(c1)CCCS2)N1CCN(c2ncccn2)CC1. The molecule has 0 atom stereocenters. The fourth-order valence-electron chi connectivity index (χ4n) is 3.24. The summed E-state index contributed by atoms with van der Waals surface area (Å²) >= 11 is 1.90. The number of carbonyl (C=O) groups is 1. The first kappa shape index (κ1) is 15.4. The molecular formula is C18H20N4OS. The van der Waals surface area contributed by atoms with E-state index in [-0.39, 0.29) is 5.91 Å². The number of fused-ring (bicyclic) bond motifs is 1. The summed E-state index contributed by atoms with van der Waals surface area (Å²) in [7, 11) is 0. The maximum absolute atomic E-state index is 12.8. The quantitative estimate of drug-likeness (QED) is 0.841. The minimum atomic E-state index is 0.141. The van der Waals surface area contributed by atoms with Crippen molar-refractivity contribution >= 4 is 23.6 Å². The first-order valence-electron chi connectivity index (χ1n) is 8.38. The molecule has 2 aliphatic rings. The first-order valence-corrected chi connectivity index (χ1v) is 9.37. The van der Waals surface area contributed by atoms with Crippen molar-refractivity contribution < 1.29 is 4.79 Å². The second kappa shape index (κ2) is 6.81. The molecule has 0 spiro atoms. The minimum absolute atomic E-state index is 0.141. The summed E-state index contributed by atoms with van der Waals surface area (Å²) in [5.74, 6) is 2.07. The van der Waals surface area contributed by atoms with Crippen molar-refractivity contribution in [3.8, 4) is 0 Å². The lowest BCUT2D eigenvalue weighted by molar-refractivity contribution is 0.0746. The number of carbonyl (C=O) groups excluding carboxylic acids is 1. The van der Waals surface area contributed by atoms with Gasteiger partial charge in [0.15, 0.2) is 0 Å². The summed E-state index contributed by atoms with van der Waals surface area (Å²) < 4.78 is 0. The van der Waals surface area contributed by atoms with Crippen molar-refractivity contribution in [3.05, 3.63) is 47.8 Å². The highest BCUT2D eigenvalue weighted by atomic mass is 32.2. The van der Waals surface area contributed by atoms with Crippen LogP contribution in [0.2, 0.25) is 0 Å². The molecule has 0 N–H and O–H groups in total. The summed E-state index contributed by atoms with van der Waals surface area (Å²) in [4.78, 5) is 26.8. The Hall–Kier alpha value is -2.08. The van der Waals surface area contributed by atoms with Gasteiger partial charge in [0, 0.05) is 49.0 Å². The topological polar surface area (TPSA) is 49.3 Å². The maximum Gasteiger partial charge on any atom is 0.253 e. The van der Waals surface area contributed by atoms with Crippen molar-refractivity contribution in [2.24, 2.45) is 0 Å². The van der Waals surface area contributed by atoms with Gasteiger partial charge in [-0.15, -0.1) is 11.8 Å². The van der Waals surface area contributed by atoms with Gasteiger partial charge in [0.25, 0.3) is 5.91 Å². The Labute approximate surface area is 146 Å². The van der Waals surface area contributed by atoms with E-state index in [1.165, 1.54) is 22.6 Å². The number of aromatic nitrogens is 2. The van der Waals surface area contributed by atoms with Gasteiger partial charge in [-0.3, -0.25) is 4.79 Å². The summed E-state index contributed by atoms with van der Waals surface area (Å²) in [6.07, 6.45) is 5.80. The summed E-state index contributed by atoms with van der Waals surface area (Å²) in [5, 5.41) is 0. The molecule has 3 heterocycles. The lowest BCUT2D eigenvalue weighted by Crippen LogP contribution is -2.49. The van der Waals surface area contributed by atoms with Gasteiger partial charge in [0.05, 0.1) is 0 Å². The highest BCUT2D eigenvalue weighted by Crippen LogP contribution is 2.30. The number of nitrogens with zero attached hydrogens (tertiary/aromatic N) is 4. The van der Waals surface area contributed by atoms with Crippen molar-refractivity contribution in [3.63, 3.8) is 0 Å². The van der Waals surface area contributed by atoms with Gasteiger partial charge in [0.1, 0.15) is 0 Å². The lowest BCUT2D eigenvalue weighted by Gasteiger charge is -2.34. The number of anilines is 1. The van der Waals surface area contributed by atoms with Crippen LogP contribution in [0.1, 0.15) is 22.3 Å². The smallest absolute Gasteiger partial charge is 0.253 e. The largest absolute Gasteiger partial charge is 0.337 e. The second-order valence-electron chi connectivity index (χ2n) is 6.10. The summed E-state index contributed by atoms with van der Waals surface area (Å²) in [6, 6.07) is 8.00. The molecule has 1 amide bonds. The van der Waals surface area contributed by atoms with Crippen LogP contribution in [0.5, 0.6) is 0 Å². The predicted octanol–water partition coefficient (Wildman–Crippen LogP) is 2.48. The van der Waals surface area contributed by atoms with Gasteiger partial charge in [-0.25, -0.2) is 9.97 Å². The molecule has 6 heteroatoms. The summed E-state index contributed by atoms with van der Waals surface area (Å²) in [5.41, 5.74) is 2.15. The van der Waals surface area contributed by atoms with Crippen molar-refractivity contribution in [2.75, 3.05) is 36.8 Å². The second-order valence-corrected chi connectivity index (χ2v) is 7.24. The molecule has 0 bridgehead atoms. The highest BCUT2D eigenvalue weighted by Gasteiger charge is 2.24. The third kappa shape index (κ3) is 3.11. The predicted molar refractivity (Wildman–Crippen MR) is 95.6 cm³/mol. The molecule has 1 aromatic heterocycles. The number of thioether (sulfide) groups is 1. The van der Waals surface area contributed by atoms with Gasteiger partial charge in [-0.2, -0.15) is 0 Å². The van der Waals surface area contributed by atoms with Crippen LogP contribution < -0.4 is 4.90 Å². The number of hydrogen-bond donors (Lipinski definition) is 0. The van der Waals surface area contributed by atoms with Crippen molar-refractivity contribution in [1.82, 2.24) is 14.9 Å². The highest BCUT2D eigenvalue weighted by molar-refractivity contribution is 7.99. The molecule has 0 unspecified atom stereocenters. The van der Waals surface area contributed by atoms with Crippen LogP contribution >= 0.6 is 11.8 Å². The van der Waals surface area contributed by atoms with Crippen molar-refractivity contribution in [2.45, 2.75) is 17.7 Å². The van der Waals surface area contributed by atoms with E-state index in [0.717, 1.165) is 31.0 Å². The third-order valence-electron chi connectivity index (χ3n) is 4.56. The minimum Gasteiger partial charge on any atom is -0.337 e. The zero-order valence-electron chi connectivity index (χ0n) is 13.5.